The summed E-state index contributed by atoms with van der Waals surface area (Å²) in [6.45, 7) is 0. The number of nitro groups is 1. The second-order valence-corrected chi connectivity index (χ2v) is 9.72. The molecule has 1 fully saturated rings. The van der Waals surface area contributed by atoms with Crippen LogP contribution in [0.25, 0.3) is 6.08 Å². The first-order chi connectivity index (χ1) is 17.4. The number of rotatable bonds is 6. The largest absolute Gasteiger partial charge is 0.450 e. The molecule has 1 heterocycles. The summed E-state index contributed by atoms with van der Waals surface area (Å²) in [5.41, 5.74) is 0.161. The number of amides is 1. The van der Waals surface area contributed by atoms with Crippen LogP contribution in [0.3, 0.4) is 0 Å². The molecule has 0 N–H and O–H groups in total. The van der Waals surface area contributed by atoms with Crippen molar-refractivity contribution in [2.45, 2.75) is 6.18 Å². The smallest absolute Gasteiger partial charge is 0.416 e. The number of alkyl halides is 3. The summed E-state index contributed by atoms with van der Waals surface area (Å²) in [4.78, 5) is 27.2. The summed E-state index contributed by atoms with van der Waals surface area (Å²) in [6, 6.07) is 15.7. The Morgan fingerprint density at radius 2 is 1.78 bits per heavy atom. The zero-order valence-corrected chi connectivity index (χ0v) is 21.0. The normalized spacial score (nSPS) is 14.8. The van der Waals surface area contributed by atoms with Crippen molar-refractivity contribution in [2.75, 3.05) is 23.9 Å². The van der Waals surface area contributed by atoms with Gasteiger partial charge in [-0.25, -0.2) is 0 Å². The van der Waals surface area contributed by atoms with E-state index in [4.69, 9.17) is 17.0 Å². The molecule has 0 aliphatic carbocycles. The Morgan fingerprint density at radius 1 is 1.08 bits per heavy atom. The zero-order chi connectivity index (χ0) is 26.9. The fraction of sp³-hybridized carbons (Fsp3) is 0.120. The molecule has 7 nitrogen and oxygen atoms in total. The van der Waals surface area contributed by atoms with Gasteiger partial charge in [0, 0.05) is 25.8 Å². The van der Waals surface area contributed by atoms with Gasteiger partial charge in [-0.3, -0.25) is 19.8 Å². The highest BCUT2D eigenvalue weighted by atomic mass is 32.2. The van der Waals surface area contributed by atoms with Crippen molar-refractivity contribution in [2.24, 2.45) is 0 Å². The molecule has 0 unspecified atom stereocenters. The van der Waals surface area contributed by atoms with Crippen LogP contribution < -0.4 is 14.5 Å². The molecule has 0 bridgehead atoms. The molecule has 12 heteroatoms. The van der Waals surface area contributed by atoms with Crippen molar-refractivity contribution < 1.29 is 27.6 Å². The molecule has 0 aromatic heterocycles. The number of carbonyl (C=O) groups is 1. The number of carbonyl (C=O) groups excluding carboxylic acids is 1. The molecule has 0 saturated carbocycles. The van der Waals surface area contributed by atoms with Gasteiger partial charge in [0.1, 0.15) is 5.75 Å². The summed E-state index contributed by atoms with van der Waals surface area (Å²) in [5.74, 6) is -0.508. The van der Waals surface area contributed by atoms with E-state index >= 15 is 0 Å². The minimum absolute atomic E-state index is 0.145. The molecule has 1 aliphatic rings. The van der Waals surface area contributed by atoms with E-state index < -0.39 is 22.4 Å². The van der Waals surface area contributed by atoms with Crippen molar-refractivity contribution in [1.29, 1.82) is 0 Å². The number of thioether (sulfide) groups is 1. The van der Waals surface area contributed by atoms with Crippen molar-refractivity contribution in [3.8, 4) is 11.5 Å². The lowest BCUT2D eigenvalue weighted by Gasteiger charge is -2.17. The van der Waals surface area contributed by atoms with Crippen LogP contribution in [0, 0.1) is 10.1 Å². The van der Waals surface area contributed by atoms with Crippen molar-refractivity contribution >= 4 is 57.3 Å². The highest BCUT2D eigenvalue weighted by Crippen LogP contribution is 2.39. The maximum atomic E-state index is 13.1. The quantitative estimate of drug-likeness (QED) is 0.145. The Hall–Kier alpha value is -3.90. The van der Waals surface area contributed by atoms with Gasteiger partial charge < -0.3 is 9.64 Å². The van der Waals surface area contributed by atoms with Crippen LogP contribution in [-0.4, -0.2) is 29.2 Å². The molecular weight excluding hydrogens is 527 g/mol. The number of nitrogens with zero attached hydrogens (tertiary/aromatic N) is 3. The molecular formula is C25H18F3N3O4S2. The Kier molecular flexibility index (Phi) is 7.23. The third-order valence-electron chi connectivity index (χ3n) is 5.28. The molecule has 3 aromatic carbocycles. The first-order valence-corrected chi connectivity index (χ1v) is 11.9. The second-order valence-electron chi connectivity index (χ2n) is 8.04. The summed E-state index contributed by atoms with van der Waals surface area (Å²) >= 11 is 6.54. The molecule has 1 aliphatic heterocycles. The van der Waals surface area contributed by atoms with E-state index in [-0.39, 0.29) is 17.4 Å². The van der Waals surface area contributed by atoms with Crippen molar-refractivity contribution in [1.82, 2.24) is 0 Å². The van der Waals surface area contributed by atoms with Crippen LogP contribution in [0.2, 0.25) is 0 Å². The predicted octanol–water partition coefficient (Wildman–Crippen LogP) is 6.88. The number of anilines is 2. The van der Waals surface area contributed by atoms with Gasteiger partial charge >= 0.3 is 11.9 Å². The standard InChI is InChI=1S/C25H18F3N3O4S2/c1-29(2)17-7-9-18(10-8-17)30-23(32)22(37-24(30)36)13-15-4-3-5-19(12-15)35-21-11-6-16(25(26,27)28)14-20(21)31(33)34/h3-14H,1-2H3/b22-13+. The molecule has 190 valence electrons. The lowest BCUT2D eigenvalue weighted by atomic mass is 10.1. The average molecular weight is 546 g/mol. The van der Waals surface area contributed by atoms with Gasteiger partial charge in [0.15, 0.2) is 4.32 Å². The van der Waals surface area contributed by atoms with E-state index in [0.717, 1.165) is 23.5 Å². The van der Waals surface area contributed by atoms with Gasteiger partial charge in [0.25, 0.3) is 5.91 Å². The lowest BCUT2D eigenvalue weighted by molar-refractivity contribution is -0.385. The Morgan fingerprint density at radius 3 is 2.41 bits per heavy atom. The number of hydrogen-bond donors (Lipinski definition) is 0. The number of benzene rings is 3. The minimum Gasteiger partial charge on any atom is -0.450 e. The van der Waals surface area contributed by atoms with E-state index in [1.54, 1.807) is 30.3 Å². The number of nitro benzene ring substituents is 1. The van der Waals surface area contributed by atoms with E-state index in [2.05, 4.69) is 0 Å². The van der Waals surface area contributed by atoms with Gasteiger partial charge in [0.05, 0.1) is 21.1 Å². The number of ether oxygens (including phenoxy) is 1. The monoisotopic (exact) mass is 545 g/mol. The second kappa shape index (κ2) is 10.2. The van der Waals surface area contributed by atoms with Gasteiger partial charge in [0.2, 0.25) is 5.75 Å². The number of hydrogen-bond acceptors (Lipinski definition) is 7. The van der Waals surface area contributed by atoms with Crippen molar-refractivity contribution in [3.63, 3.8) is 0 Å². The van der Waals surface area contributed by atoms with Crippen molar-refractivity contribution in [3.05, 3.63) is 92.9 Å². The van der Waals surface area contributed by atoms with E-state index in [1.807, 2.05) is 31.1 Å². The van der Waals surface area contributed by atoms with E-state index in [9.17, 15) is 28.1 Å². The summed E-state index contributed by atoms with van der Waals surface area (Å²) in [6.07, 6.45) is -3.13. The molecule has 3 aromatic rings. The summed E-state index contributed by atoms with van der Waals surface area (Å²) in [5, 5.41) is 11.3. The van der Waals surface area contributed by atoms with Crippen LogP contribution in [0.4, 0.5) is 30.2 Å². The third kappa shape index (κ3) is 5.75. The van der Waals surface area contributed by atoms with E-state index in [0.29, 0.717) is 32.6 Å². The molecule has 0 atom stereocenters. The SMILES string of the molecule is CN(C)c1ccc(N2C(=O)/C(=C\c3cccc(Oc4ccc(C(F)(F)F)cc4[N+](=O)[O-])c3)SC2=S)cc1. The number of halogens is 3. The van der Waals surface area contributed by atoms with Gasteiger partial charge in [-0.05, 0) is 60.2 Å². The van der Waals surface area contributed by atoms with Crippen LogP contribution >= 0.6 is 24.0 Å². The fourth-order valence-corrected chi connectivity index (χ4v) is 4.76. The Labute approximate surface area is 219 Å². The zero-order valence-electron chi connectivity index (χ0n) is 19.4. The third-order valence-corrected chi connectivity index (χ3v) is 6.59. The lowest BCUT2D eigenvalue weighted by Crippen LogP contribution is -2.27. The first kappa shape index (κ1) is 26.2. The van der Waals surface area contributed by atoms with Crippen LogP contribution in [0.5, 0.6) is 11.5 Å². The molecule has 0 spiro atoms. The van der Waals surface area contributed by atoms with Gasteiger partial charge in [-0.1, -0.05) is 36.1 Å². The summed E-state index contributed by atoms with van der Waals surface area (Å²) in [7, 11) is 3.82. The molecule has 1 amide bonds. The molecule has 4 rings (SSSR count). The Balaban J connectivity index is 1.58. The molecule has 1 saturated heterocycles. The highest BCUT2D eigenvalue weighted by molar-refractivity contribution is 8.27. The molecule has 0 radical (unpaired) electrons. The van der Waals surface area contributed by atoms with Crippen LogP contribution in [-0.2, 0) is 11.0 Å². The Bertz CT molecular complexity index is 1420. The number of thiocarbonyl (C=S) groups is 1. The maximum absolute atomic E-state index is 13.1. The highest BCUT2D eigenvalue weighted by Gasteiger charge is 2.34. The van der Waals surface area contributed by atoms with Gasteiger partial charge in [-0.15, -0.1) is 0 Å². The first-order valence-electron chi connectivity index (χ1n) is 10.6. The minimum atomic E-state index is -4.73. The molecule has 37 heavy (non-hydrogen) atoms. The fourth-order valence-electron chi connectivity index (χ4n) is 3.46. The predicted molar refractivity (Wildman–Crippen MR) is 141 cm³/mol. The van der Waals surface area contributed by atoms with Crippen LogP contribution in [0.15, 0.2) is 71.6 Å². The topological polar surface area (TPSA) is 75.9 Å². The maximum Gasteiger partial charge on any atom is 0.416 e. The van der Waals surface area contributed by atoms with Gasteiger partial charge in [-0.2, -0.15) is 13.2 Å². The van der Waals surface area contributed by atoms with Crippen LogP contribution in [0.1, 0.15) is 11.1 Å². The van der Waals surface area contributed by atoms with E-state index in [1.165, 1.54) is 17.0 Å². The summed E-state index contributed by atoms with van der Waals surface area (Å²) < 4.78 is 44.8. The average Bonchev–Trinajstić information content (AvgIpc) is 3.11.